The fraction of sp³-hybridized carbons (Fsp3) is 0.588. The van der Waals surface area contributed by atoms with Gasteiger partial charge in [-0.25, -0.2) is 14.4 Å². The van der Waals surface area contributed by atoms with Gasteiger partial charge in [0.05, 0.1) is 18.8 Å². The molecule has 2 rings (SSSR count). The SMILES string of the molecule is CCOC(=O)c1c(NC(=O)N2CCN(C(=O)OCC)CC2)sc(C)c1C. The number of rotatable bonds is 4. The van der Waals surface area contributed by atoms with Crippen LogP contribution in [0.25, 0.3) is 0 Å². The monoisotopic (exact) mass is 383 g/mol. The van der Waals surface area contributed by atoms with E-state index < -0.39 is 5.97 Å². The summed E-state index contributed by atoms with van der Waals surface area (Å²) in [5.74, 6) is -0.434. The number of anilines is 1. The van der Waals surface area contributed by atoms with Gasteiger partial charge in [-0.3, -0.25) is 5.32 Å². The number of thiophene rings is 1. The molecule has 2 heterocycles. The Kier molecular flexibility index (Phi) is 6.84. The van der Waals surface area contributed by atoms with E-state index >= 15 is 0 Å². The van der Waals surface area contributed by atoms with Crippen LogP contribution in [0.15, 0.2) is 0 Å². The molecule has 0 unspecified atom stereocenters. The second-order valence-corrected chi connectivity index (χ2v) is 7.04. The second-order valence-electron chi connectivity index (χ2n) is 5.81. The predicted molar refractivity (Wildman–Crippen MR) is 98.9 cm³/mol. The van der Waals surface area contributed by atoms with Crippen LogP contribution in [0, 0.1) is 13.8 Å². The van der Waals surface area contributed by atoms with Crippen LogP contribution >= 0.6 is 11.3 Å². The van der Waals surface area contributed by atoms with Crippen LogP contribution in [-0.2, 0) is 9.47 Å². The summed E-state index contributed by atoms with van der Waals surface area (Å²) in [5, 5.41) is 3.32. The Morgan fingerprint density at radius 3 is 2.15 bits per heavy atom. The summed E-state index contributed by atoms with van der Waals surface area (Å²) in [5.41, 5.74) is 1.23. The summed E-state index contributed by atoms with van der Waals surface area (Å²) in [6.07, 6.45) is -0.360. The first-order valence-electron chi connectivity index (χ1n) is 8.63. The average molecular weight is 383 g/mol. The van der Waals surface area contributed by atoms with Gasteiger partial charge >= 0.3 is 18.1 Å². The molecule has 0 atom stereocenters. The van der Waals surface area contributed by atoms with Gasteiger partial charge < -0.3 is 19.3 Å². The summed E-state index contributed by atoms with van der Waals surface area (Å²) in [6, 6.07) is -0.291. The lowest BCUT2D eigenvalue weighted by molar-refractivity contribution is 0.0527. The number of esters is 1. The zero-order valence-electron chi connectivity index (χ0n) is 15.6. The smallest absolute Gasteiger partial charge is 0.409 e. The Bertz CT molecular complexity index is 680. The Morgan fingerprint density at radius 2 is 1.58 bits per heavy atom. The number of aryl methyl sites for hydroxylation is 1. The van der Waals surface area contributed by atoms with Gasteiger partial charge in [0, 0.05) is 31.1 Å². The van der Waals surface area contributed by atoms with Crippen LogP contribution in [0.1, 0.15) is 34.6 Å². The lowest BCUT2D eigenvalue weighted by atomic mass is 10.1. The Labute approximate surface area is 157 Å². The minimum atomic E-state index is -0.434. The van der Waals surface area contributed by atoms with E-state index in [4.69, 9.17) is 9.47 Å². The third-order valence-corrected chi connectivity index (χ3v) is 5.30. The van der Waals surface area contributed by atoms with E-state index in [2.05, 4.69) is 5.32 Å². The van der Waals surface area contributed by atoms with Crippen molar-refractivity contribution in [3.63, 3.8) is 0 Å². The summed E-state index contributed by atoms with van der Waals surface area (Å²) in [6.45, 7) is 9.48. The van der Waals surface area contributed by atoms with Crippen molar-refractivity contribution in [1.82, 2.24) is 9.80 Å². The molecule has 1 aliphatic rings. The maximum absolute atomic E-state index is 12.6. The molecule has 1 aromatic heterocycles. The molecule has 9 heteroatoms. The van der Waals surface area contributed by atoms with Crippen LogP contribution in [-0.4, -0.2) is 67.3 Å². The highest BCUT2D eigenvalue weighted by Crippen LogP contribution is 2.33. The summed E-state index contributed by atoms with van der Waals surface area (Å²) >= 11 is 1.36. The molecule has 1 fully saturated rings. The lowest BCUT2D eigenvalue weighted by Gasteiger charge is -2.33. The molecule has 1 aromatic rings. The molecule has 0 aromatic carbocycles. The maximum atomic E-state index is 12.6. The fourth-order valence-electron chi connectivity index (χ4n) is 2.65. The van der Waals surface area contributed by atoms with Crippen molar-refractivity contribution >= 4 is 34.4 Å². The standard InChI is InChI=1S/C17H25N3O5S/c1-5-24-15(21)13-11(3)12(4)26-14(13)18-16(22)19-7-9-20(10-8-19)17(23)25-6-2/h5-10H2,1-4H3,(H,18,22). The number of piperazine rings is 1. The molecular formula is C17H25N3O5S. The van der Waals surface area contributed by atoms with Gasteiger partial charge in [-0.05, 0) is 33.3 Å². The van der Waals surface area contributed by atoms with E-state index in [-0.39, 0.29) is 18.7 Å². The number of hydrogen-bond acceptors (Lipinski definition) is 6. The topological polar surface area (TPSA) is 88.2 Å². The number of ether oxygens (including phenoxy) is 2. The lowest BCUT2D eigenvalue weighted by Crippen LogP contribution is -2.51. The highest BCUT2D eigenvalue weighted by molar-refractivity contribution is 7.16. The second kappa shape index (κ2) is 8.88. The van der Waals surface area contributed by atoms with Crippen molar-refractivity contribution in [2.24, 2.45) is 0 Å². The first-order valence-corrected chi connectivity index (χ1v) is 9.45. The largest absolute Gasteiger partial charge is 0.462 e. The number of nitrogens with one attached hydrogen (secondary N) is 1. The number of amides is 3. The third kappa shape index (κ3) is 4.46. The zero-order chi connectivity index (χ0) is 19.3. The Hall–Kier alpha value is -2.29. The van der Waals surface area contributed by atoms with Crippen LogP contribution in [0.2, 0.25) is 0 Å². The third-order valence-electron chi connectivity index (χ3n) is 4.18. The van der Waals surface area contributed by atoms with Crippen molar-refractivity contribution in [2.75, 3.05) is 44.7 Å². The maximum Gasteiger partial charge on any atom is 0.409 e. The first-order chi connectivity index (χ1) is 12.4. The van der Waals surface area contributed by atoms with Crippen molar-refractivity contribution in [3.05, 3.63) is 16.0 Å². The minimum Gasteiger partial charge on any atom is -0.462 e. The van der Waals surface area contributed by atoms with Crippen molar-refractivity contribution < 1.29 is 23.9 Å². The van der Waals surface area contributed by atoms with Crippen LogP contribution in [0.4, 0.5) is 14.6 Å². The normalized spacial score (nSPS) is 14.2. The molecule has 1 saturated heterocycles. The molecular weight excluding hydrogens is 358 g/mol. The van der Waals surface area contributed by atoms with E-state index in [1.54, 1.807) is 23.6 Å². The number of urea groups is 1. The average Bonchev–Trinajstić information content (AvgIpc) is 2.89. The molecule has 8 nitrogen and oxygen atoms in total. The van der Waals surface area contributed by atoms with Gasteiger partial charge in [0.2, 0.25) is 0 Å². The molecule has 0 spiro atoms. The molecule has 0 radical (unpaired) electrons. The quantitative estimate of drug-likeness (QED) is 0.808. The number of hydrogen-bond donors (Lipinski definition) is 1. The number of carbonyl (C=O) groups excluding carboxylic acids is 3. The van der Waals surface area contributed by atoms with E-state index in [9.17, 15) is 14.4 Å². The molecule has 3 amide bonds. The minimum absolute atomic E-state index is 0.274. The van der Waals surface area contributed by atoms with Gasteiger partial charge in [0.25, 0.3) is 0 Å². The summed E-state index contributed by atoms with van der Waals surface area (Å²) in [7, 11) is 0. The summed E-state index contributed by atoms with van der Waals surface area (Å²) < 4.78 is 10.1. The highest BCUT2D eigenvalue weighted by Gasteiger charge is 2.27. The van der Waals surface area contributed by atoms with Gasteiger partial charge in [0.15, 0.2) is 0 Å². The van der Waals surface area contributed by atoms with Crippen molar-refractivity contribution in [2.45, 2.75) is 27.7 Å². The first kappa shape index (κ1) is 20.0. The molecule has 1 N–H and O–H groups in total. The number of carbonyl (C=O) groups is 3. The van der Waals surface area contributed by atoms with Crippen molar-refractivity contribution in [1.29, 1.82) is 0 Å². The van der Waals surface area contributed by atoms with Crippen LogP contribution < -0.4 is 5.32 Å². The molecule has 0 bridgehead atoms. The van der Waals surface area contributed by atoms with Gasteiger partial charge in [-0.2, -0.15) is 0 Å². The molecule has 144 valence electrons. The highest BCUT2D eigenvalue weighted by atomic mass is 32.1. The Morgan fingerprint density at radius 1 is 1.00 bits per heavy atom. The van der Waals surface area contributed by atoms with Crippen LogP contribution in [0.5, 0.6) is 0 Å². The number of nitrogens with zero attached hydrogens (tertiary/aromatic N) is 2. The molecule has 26 heavy (non-hydrogen) atoms. The molecule has 0 aliphatic carbocycles. The van der Waals surface area contributed by atoms with Gasteiger partial charge in [-0.15, -0.1) is 11.3 Å². The van der Waals surface area contributed by atoms with E-state index in [0.717, 1.165) is 10.4 Å². The molecule has 0 saturated carbocycles. The van der Waals surface area contributed by atoms with Crippen LogP contribution in [0.3, 0.4) is 0 Å². The van der Waals surface area contributed by atoms with E-state index in [1.807, 2.05) is 13.8 Å². The van der Waals surface area contributed by atoms with E-state index in [1.165, 1.54) is 11.3 Å². The molecule has 1 aliphatic heterocycles. The fourth-order valence-corrected chi connectivity index (χ4v) is 3.69. The Balaban J connectivity index is 2.02. The summed E-state index contributed by atoms with van der Waals surface area (Å²) in [4.78, 5) is 40.6. The van der Waals surface area contributed by atoms with Crippen molar-refractivity contribution in [3.8, 4) is 0 Å². The zero-order valence-corrected chi connectivity index (χ0v) is 16.4. The van der Waals surface area contributed by atoms with Gasteiger partial charge in [-0.1, -0.05) is 0 Å². The van der Waals surface area contributed by atoms with E-state index in [0.29, 0.717) is 43.4 Å². The van der Waals surface area contributed by atoms with Gasteiger partial charge in [0.1, 0.15) is 5.00 Å². The predicted octanol–water partition coefficient (Wildman–Crippen LogP) is 2.85.